The van der Waals surface area contributed by atoms with Gasteiger partial charge in [-0.2, -0.15) is 5.10 Å². The van der Waals surface area contributed by atoms with E-state index in [1.807, 2.05) is 0 Å². The minimum atomic E-state index is -2.98. The maximum absolute atomic E-state index is 12.1. The van der Waals surface area contributed by atoms with Gasteiger partial charge in [0.2, 0.25) is 5.78 Å². The van der Waals surface area contributed by atoms with Crippen molar-refractivity contribution in [2.24, 2.45) is 0 Å². The average Bonchev–Trinajstić information content (AvgIpc) is 2.78. The van der Waals surface area contributed by atoms with Gasteiger partial charge < -0.3 is 4.74 Å². The van der Waals surface area contributed by atoms with Gasteiger partial charge in [0, 0.05) is 12.8 Å². The van der Waals surface area contributed by atoms with Gasteiger partial charge in [0.15, 0.2) is 0 Å². The van der Waals surface area contributed by atoms with Gasteiger partial charge in [-0.15, -0.1) is 0 Å². The number of aromatic nitrogens is 2. The highest BCUT2D eigenvalue weighted by Gasteiger charge is 2.22. The van der Waals surface area contributed by atoms with Crippen molar-refractivity contribution in [2.45, 2.75) is 31.9 Å². The lowest BCUT2D eigenvalue weighted by Crippen LogP contribution is -2.18. The van der Waals surface area contributed by atoms with E-state index in [4.69, 9.17) is 4.74 Å². The first-order chi connectivity index (χ1) is 7.68. The van der Waals surface area contributed by atoms with E-state index in [9.17, 15) is 13.6 Å². The monoisotopic (exact) mass is 230 g/mol. The van der Waals surface area contributed by atoms with Crippen LogP contribution in [0.25, 0.3) is 0 Å². The van der Waals surface area contributed by atoms with E-state index >= 15 is 0 Å². The number of ketones is 1. The molecular formula is C10H12F2N2O2. The molecule has 2 rings (SSSR count). The summed E-state index contributed by atoms with van der Waals surface area (Å²) in [4.78, 5) is 11.0. The summed E-state index contributed by atoms with van der Waals surface area (Å²) in [5, 5.41) is 3.88. The average molecular weight is 230 g/mol. The van der Waals surface area contributed by atoms with Crippen LogP contribution in [0.5, 0.6) is 0 Å². The molecule has 1 atom stereocenters. The van der Waals surface area contributed by atoms with Crippen LogP contribution >= 0.6 is 0 Å². The standard InChI is InChI=1S/C10H12F2N2O2/c11-10(12)9(15)7-5-13-14(6-7)8-3-1-2-4-16-8/h5-6,8,10H,1-4H2. The summed E-state index contributed by atoms with van der Waals surface area (Å²) < 4.78 is 31.2. The summed E-state index contributed by atoms with van der Waals surface area (Å²) >= 11 is 0. The number of hydrogen-bond acceptors (Lipinski definition) is 3. The predicted molar refractivity (Wildman–Crippen MR) is 51.4 cm³/mol. The lowest BCUT2D eigenvalue weighted by molar-refractivity contribution is -0.0395. The molecule has 4 nitrogen and oxygen atoms in total. The molecule has 2 heterocycles. The van der Waals surface area contributed by atoms with Crippen LogP contribution in [0.2, 0.25) is 0 Å². The largest absolute Gasteiger partial charge is 0.357 e. The number of carbonyl (C=O) groups is 1. The molecule has 0 aliphatic carbocycles. The van der Waals surface area contributed by atoms with Gasteiger partial charge >= 0.3 is 6.43 Å². The molecule has 1 aromatic heterocycles. The third-order valence-electron chi connectivity index (χ3n) is 2.53. The number of carbonyl (C=O) groups excluding carboxylic acids is 1. The van der Waals surface area contributed by atoms with Crippen molar-refractivity contribution in [3.63, 3.8) is 0 Å². The van der Waals surface area contributed by atoms with Crippen LogP contribution in [0.15, 0.2) is 12.4 Å². The number of Topliss-reactive ketones (excluding diaryl/α,β-unsaturated/α-hetero) is 1. The number of hydrogen-bond donors (Lipinski definition) is 0. The van der Waals surface area contributed by atoms with Gasteiger partial charge in [0.05, 0.1) is 11.8 Å². The van der Waals surface area contributed by atoms with Gasteiger partial charge in [-0.25, -0.2) is 13.5 Å². The first-order valence-corrected chi connectivity index (χ1v) is 5.16. The van der Waals surface area contributed by atoms with Crippen molar-refractivity contribution >= 4 is 5.78 Å². The Morgan fingerprint density at radius 2 is 2.38 bits per heavy atom. The molecule has 1 fully saturated rings. The lowest BCUT2D eigenvalue weighted by atomic mass is 10.2. The predicted octanol–water partition coefficient (Wildman–Crippen LogP) is 2.03. The minimum Gasteiger partial charge on any atom is -0.357 e. The molecule has 1 unspecified atom stereocenters. The Bertz CT molecular complexity index is 373. The normalized spacial score (nSPS) is 21.3. The number of ether oxygens (including phenoxy) is 1. The van der Waals surface area contributed by atoms with Crippen molar-refractivity contribution in [2.75, 3.05) is 6.61 Å². The number of halogens is 2. The quantitative estimate of drug-likeness (QED) is 0.746. The third kappa shape index (κ3) is 2.27. The smallest absolute Gasteiger partial charge is 0.300 e. The van der Waals surface area contributed by atoms with Crippen molar-refractivity contribution in [1.29, 1.82) is 0 Å². The molecule has 0 spiro atoms. The van der Waals surface area contributed by atoms with Crippen LogP contribution in [0, 0.1) is 0 Å². The molecule has 0 N–H and O–H groups in total. The lowest BCUT2D eigenvalue weighted by Gasteiger charge is -2.22. The second-order valence-corrected chi connectivity index (χ2v) is 3.70. The maximum atomic E-state index is 12.1. The molecule has 88 valence electrons. The van der Waals surface area contributed by atoms with E-state index < -0.39 is 12.2 Å². The molecule has 0 saturated carbocycles. The highest BCUT2D eigenvalue weighted by Crippen LogP contribution is 2.22. The Morgan fingerprint density at radius 1 is 1.56 bits per heavy atom. The fraction of sp³-hybridized carbons (Fsp3) is 0.600. The van der Waals surface area contributed by atoms with E-state index in [0.29, 0.717) is 6.61 Å². The number of alkyl halides is 2. The Balaban J connectivity index is 2.09. The Hall–Kier alpha value is -1.30. The Kier molecular flexibility index (Phi) is 3.28. The van der Waals surface area contributed by atoms with E-state index in [0.717, 1.165) is 25.5 Å². The highest BCUT2D eigenvalue weighted by molar-refractivity contribution is 5.97. The zero-order valence-electron chi connectivity index (χ0n) is 8.60. The summed E-state index contributed by atoms with van der Waals surface area (Å²) in [5.41, 5.74) is -0.0656. The topological polar surface area (TPSA) is 44.1 Å². The van der Waals surface area contributed by atoms with E-state index in [1.165, 1.54) is 10.9 Å². The number of nitrogens with zero attached hydrogens (tertiary/aromatic N) is 2. The summed E-state index contributed by atoms with van der Waals surface area (Å²) in [5.74, 6) is -1.19. The SMILES string of the molecule is O=C(c1cnn(C2CCCCO2)c1)C(F)F. The Morgan fingerprint density at radius 3 is 3.00 bits per heavy atom. The summed E-state index contributed by atoms with van der Waals surface area (Å²) in [7, 11) is 0. The van der Waals surface area contributed by atoms with Gasteiger partial charge in [-0.1, -0.05) is 0 Å². The second kappa shape index (κ2) is 4.69. The van der Waals surface area contributed by atoms with Crippen molar-refractivity contribution in [3.8, 4) is 0 Å². The van der Waals surface area contributed by atoms with Gasteiger partial charge in [0.25, 0.3) is 0 Å². The van der Waals surface area contributed by atoms with E-state index in [2.05, 4.69) is 5.10 Å². The van der Waals surface area contributed by atoms with E-state index in [1.54, 1.807) is 0 Å². The van der Waals surface area contributed by atoms with Crippen LogP contribution in [-0.2, 0) is 4.74 Å². The van der Waals surface area contributed by atoms with Crippen LogP contribution < -0.4 is 0 Å². The highest BCUT2D eigenvalue weighted by atomic mass is 19.3. The Labute approximate surface area is 91.2 Å². The molecule has 1 aromatic rings. The van der Waals surface area contributed by atoms with Crippen LogP contribution in [0.4, 0.5) is 8.78 Å². The van der Waals surface area contributed by atoms with Crippen molar-refractivity contribution in [3.05, 3.63) is 18.0 Å². The zero-order chi connectivity index (χ0) is 11.5. The van der Waals surface area contributed by atoms with Gasteiger partial charge in [0.1, 0.15) is 6.23 Å². The van der Waals surface area contributed by atoms with E-state index in [-0.39, 0.29) is 11.8 Å². The number of rotatable bonds is 3. The van der Waals surface area contributed by atoms with Crippen molar-refractivity contribution in [1.82, 2.24) is 9.78 Å². The molecule has 0 bridgehead atoms. The van der Waals surface area contributed by atoms with Crippen molar-refractivity contribution < 1.29 is 18.3 Å². The fourth-order valence-corrected chi connectivity index (χ4v) is 1.68. The summed E-state index contributed by atoms with van der Waals surface area (Å²) in [6.45, 7) is 0.642. The first-order valence-electron chi connectivity index (χ1n) is 5.16. The summed E-state index contributed by atoms with van der Waals surface area (Å²) in [6.07, 6.45) is 2.09. The summed E-state index contributed by atoms with van der Waals surface area (Å²) in [6, 6.07) is 0. The van der Waals surface area contributed by atoms with Crippen LogP contribution in [0.3, 0.4) is 0 Å². The van der Waals surface area contributed by atoms with Gasteiger partial charge in [-0.05, 0) is 19.3 Å². The third-order valence-corrected chi connectivity index (χ3v) is 2.53. The molecule has 0 amide bonds. The maximum Gasteiger partial charge on any atom is 0.300 e. The molecule has 6 heteroatoms. The zero-order valence-corrected chi connectivity index (χ0v) is 8.60. The van der Waals surface area contributed by atoms with Crippen LogP contribution in [0.1, 0.15) is 35.8 Å². The molecule has 0 radical (unpaired) electrons. The van der Waals surface area contributed by atoms with Gasteiger partial charge in [-0.3, -0.25) is 4.79 Å². The van der Waals surface area contributed by atoms with Crippen LogP contribution in [-0.4, -0.2) is 28.6 Å². The molecule has 1 aliphatic rings. The molecule has 1 saturated heterocycles. The molecule has 0 aromatic carbocycles. The second-order valence-electron chi connectivity index (χ2n) is 3.70. The molecule has 16 heavy (non-hydrogen) atoms. The fourth-order valence-electron chi connectivity index (χ4n) is 1.68. The minimum absolute atomic E-state index is 0.0656. The molecular weight excluding hydrogens is 218 g/mol. The first kappa shape index (κ1) is 11.2. The molecule has 1 aliphatic heterocycles.